The molecule has 0 aliphatic rings. The van der Waals surface area contributed by atoms with Crippen molar-refractivity contribution in [3.05, 3.63) is 35.4 Å². The van der Waals surface area contributed by atoms with Crippen molar-refractivity contribution in [3.63, 3.8) is 0 Å². The molecular weight excluding hydrogens is 222 g/mol. The van der Waals surface area contributed by atoms with Gasteiger partial charge in [0.2, 0.25) is 10.0 Å². The van der Waals surface area contributed by atoms with E-state index >= 15 is 0 Å². The smallest absolute Gasteiger partial charge is 0.211 e. The van der Waals surface area contributed by atoms with Crippen molar-refractivity contribution in [1.29, 1.82) is 0 Å². The monoisotopic (exact) mass is 241 g/mol. The lowest BCUT2D eigenvalue weighted by molar-refractivity contribution is 0.435. The van der Waals surface area contributed by atoms with Gasteiger partial charge in [0.25, 0.3) is 0 Å². The lowest BCUT2D eigenvalue weighted by Gasteiger charge is -2.17. The maximum atomic E-state index is 11.4. The molecule has 0 heterocycles. The molecule has 0 saturated heterocycles. The van der Waals surface area contributed by atoms with Crippen LogP contribution in [0.3, 0.4) is 0 Å². The summed E-state index contributed by atoms with van der Waals surface area (Å²) in [7, 11) is -3.06. The van der Waals surface area contributed by atoms with E-state index in [-0.39, 0.29) is 0 Å². The summed E-state index contributed by atoms with van der Waals surface area (Å²) in [6.45, 7) is 4.98. The van der Waals surface area contributed by atoms with Crippen molar-refractivity contribution < 1.29 is 8.42 Å². The van der Waals surface area contributed by atoms with Gasteiger partial charge in [0.05, 0.1) is 6.26 Å². The van der Waals surface area contributed by atoms with Crippen LogP contribution in [-0.4, -0.2) is 32.1 Å². The van der Waals surface area contributed by atoms with Crippen LogP contribution in [0, 0.1) is 6.92 Å². The molecule has 0 spiro atoms. The fourth-order valence-electron chi connectivity index (χ4n) is 1.68. The van der Waals surface area contributed by atoms with Crippen LogP contribution >= 0.6 is 0 Å². The Balaban J connectivity index is 2.63. The molecule has 0 aromatic heterocycles. The molecular formula is C12H19NO2S. The Morgan fingerprint density at radius 2 is 2.00 bits per heavy atom. The average Bonchev–Trinajstić information content (AvgIpc) is 2.16. The van der Waals surface area contributed by atoms with Crippen LogP contribution in [0.15, 0.2) is 24.3 Å². The highest BCUT2D eigenvalue weighted by molar-refractivity contribution is 7.88. The number of hydrogen-bond donors (Lipinski definition) is 0. The van der Waals surface area contributed by atoms with Gasteiger partial charge in [-0.25, -0.2) is 12.7 Å². The van der Waals surface area contributed by atoms with Gasteiger partial charge in [-0.3, -0.25) is 0 Å². The molecule has 0 bridgehead atoms. The first-order valence-electron chi connectivity index (χ1n) is 5.44. The second-order valence-corrected chi connectivity index (χ2v) is 5.98. The highest BCUT2D eigenvalue weighted by Gasteiger charge is 2.13. The summed E-state index contributed by atoms with van der Waals surface area (Å²) in [5.41, 5.74) is 2.39. The van der Waals surface area contributed by atoms with Crippen LogP contribution in [0.25, 0.3) is 0 Å². The zero-order valence-electron chi connectivity index (χ0n) is 10.1. The molecule has 0 radical (unpaired) electrons. The third-order valence-corrected chi connectivity index (χ3v) is 3.93. The maximum absolute atomic E-state index is 11.4. The molecule has 1 aromatic carbocycles. The third-order valence-electron chi connectivity index (χ3n) is 2.55. The van der Waals surface area contributed by atoms with Crippen molar-refractivity contribution in [1.82, 2.24) is 4.31 Å². The predicted octanol–water partition coefficient (Wildman–Crippen LogP) is 1.82. The van der Waals surface area contributed by atoms with Gasteiger partial charge in [-0.15, -0.1) is 0 Å². The van der Waals surface area contributed by atoms with Gasteiger partial charge in [-0.2, -0.15) is 0 Å². The van der Waals surface area contributed by atoms with Gasteiger partial charge in [0.1, 0.15) is 0 Å². The Bertz CT molecular complexity index is 440. The second-order valence-electron chi connectivity index (χ2n) is 3.99. The molecule has 90 valence electrons. The molecule has 0 fully saturated rings. The summed E-state index contributed by atoms with van der Waals surface area (Å²) in [5, 5.41) is 0. The SMILES string of the molecule is CCN(CCc1cccc(C)c1)S(C)(=O)=O. The summed E-state index contributed by atoms with van der Waals surface area (Å²) in [4.78, 5) is 0. The Hall–Kier alpha value is -0.870. The Labute approximate surface area is 98.1 Å². The van der Waals surface area contributed by atoms with E-state index < -0.39 is 10.0 Å². The van der Waals surface area contributed by atoms with Crippen molar-refractivity contribution in [2.24, 2.45) is 0 Å². The number of likely N-dealkylation sites (N-methyl/N-ethyl adjacent to an activating group) is 1. The van der Waals surface area contributed by atoms with Crippen LogP contribution in [-0.2, 0) is 16.4 Å². The normalized spacial score (nSPS) is 12.0. The summed E-state index contributed by atoms with van der Waals surface area (Å²) in [6.07, 6.45) is 2.02. The fourth-order valence-corrected chi connectivity index (χ4v) is 2.57. The number of sulfonamides is 1. The first-order chi connectivity index (χ1) is 7.43. The molecule has 0 atom stereocenters. The second kappa shape index (κ2) is 5.46. The standard InChI is InChI=1S/C12H19NO2S/c1-4-13(16(3,14)15)9-8-12-7-5-6-11(2)10-12/h5-7,10H,4,8-9H2,1-3H3. The molecule has 0 aliphatic carbocycles. The topological polar surface area (TPSA) is 37.4 Å². The number of rotatable bonds is 5. The largest absolute Gasteiger partial charge is 0.213 e. The minimum atomic E-state index is -3.06. The van der Waals surface area contributed by atoms with E-state index in [1.54, 1.807) is 0 Å². The fraction of sp³-hybridized carbons (Fsp3) is 0.500. The summed E-state index contributed by atoms with van der Waals surface area (Å²) >= 11 is 0. The molecule has 1 aromatic rings. The molecule has 1 rings (SSSR count). The van der Waals surface area contributed by atoms with E-state index in [9.17, 15) is 8.42 Å². The van der Waals surface area contributed by atoms with Gasteiger partial charge in [0, 0.05) is 13.1 Å². The van der Waals surface area contributed by atoms with Gasteiger partial charge < -0.3 is 0 Å². The van der Waals surface area contributed by atoms with Gasteiger partial charge in [-0.05, 0) is 18.9 Å². The van der Waals surface area contributed by atoms with Gasteiger partial charge in [0.15, 0.2) is 0 Å². The molecule has 0 unspecified atom stereocenters. The number of hydrogen-bond acceptors (Lipinski definition) is 2. The zero-order chi connectivity index (χ0) is 12.2. The lowest BCUT2D eigenvalue weighted by atomic mass is 10.1. The van der Waals surface area contributed by atoms with Crippen LogP contribution in [0.4, 0.5) is 0 Å². The van der Waals surface area contributed by atoms with E-state index in [0.29, 0.717) is 13.1 Å². The van der Waals surface area contributed by atoms with Gasteiger partial charge >= 0.3 is 0 Å². The van der Waals surface area contributed by atoms with Crippen LogP contribution < -0.4 is 0 Å². The van der Waals surface area contributed by atoms with Crippen molar-refractivity contribution in [2.75, 3.05) is 19.3 Å². The van der Waals surface area contributed by atoms with Crippen LogP contribution in [0.5, 0.6) is 0 Å². The Morgan fingerprint density at radius 3 is 2.50 bits per heavy atom. The van der Waals surface area contributed by atoms with Crippen LogP contribution in [0.1, 0.15) is 18.1 Å². The molecule has 3 nitrogen and oxygen atoms in total. The van der Waals surface area contributed by atoms with E-state index in [2.05, 4.69) is 6.07 Å². The summed E-state index contributed by atoms with van der Waals surface area (Å²) in [5.74, 6) is 0. The number of nitrogens with zero attached hydrogens (tertiary/aromatic N) is 1. The molecule has 0 N–H and O–H groups in total. The molecule has 0 saturated carbocycles. The summed E-state index contributed by atoms with van der Waals surface area (Å²) in [6, 6.07) is 8.16. The van der Waals surface area contributed by atoms with Crippen molar-refractivity contribution in [2.45, 2.75) is 20.3 Å². The maximum Gasteiger partial charge on any atom is 0.211 e. The Kier molecular flexibility index (Phi) is 4.50. The van der Waals surface area contributed by atoms with Crippen molar-refractivity contribution >= 4 is 10.0 Å². The van der Waals surface area contributed by atoms with Crippen LogP contribution in [0.2, 0.25) is 0 Å². The highest BCUT2D eigenvalue weighted by atomic mass is 32.2. The molecule has 4 heteroatoms. The average molecular weight is 241 g/mol. The first kappa shape index (κ1) is 13.2. The van der Waals surface area contributed by atoms with E-state index in [1.165, 1.54) is 21.7 Å². The third kappa shape index (κ3) is 3.94. The minimum absolute atomic E-state index is 0.532. The first-order valence-corrected chi connectivity index (χ1v) is 7.29. The van der Waals surface area contributed by atoms with E-state index in [4.69, 9.17) is 0 Å². The molecule has 16 heavy (non-hydrogen) atoms. The molecule has 0 aliphatic heterocycles. The minimum Gasteiger partial charge on any atom is -0.213 e. The van der Waals surface area contributed by atoms with Gasteiger partial charge in [-0.1, -0.05) is 36.8 Å². The number of benzene rings is 1. The van der Waals surface area contributed by atoms with Crippen molar-refractivity contribution in [3.8, 4) is 0 Å². The van der Waals surface area contributed by atoms with E-state index in [1.807, 2.05) is 32.0 Å². The lowest BCUT2D eigenvalue weighted by Crippen LogP contribution is -2.31. The molecule has 0 amide bonds. The zero-order valence-corrected chi connectivity index (χ0v) is 10.9. The number of aryl methyl sites for hydroxylation is 1. The summed E-state index contributed by atoms with van der Waals surface area (Å²) < 4.78 is 24.2. The highest BCUT2D eigenvalue weighted by Crippen LogP contribution is 2.07. The Morgan fingerprint density at radius 1 is 1.31 bits per heavy atom. The quantitative estimate of drug-likeness (QED) is 0.788. The van der Waals surface area contributed by atoms with E-state index in [0.717, 1.165) is 6.42 Å². The predicted molar refractivity (Wildman–Crippen MR) is 67.0 cm³/mol.